The molecule has 4 nitrogen and oxygen atoms in total. The molecule has 1 rings (SSSR count). The van der Waals surface area contributed by atoms with Crippen LogP contribution in [0.5, 0.6) is 5.75 Å². The van der Waals surface area contributed by atoms with Gasteiger partial charge in [0.2, 0.25) is 6.23 Å². The highest BCUT2D eigenvalue weighted by Crippen LogP contribution is 2.22. The summed E-state index contributed by atoms with van der Waals surface area (Å²) in [4.78, 5) is 11.0. The maximum absolute atomic E-state index is 12.1. The van der Waals surface area contributed by atoms with Crippen molar-refractivity contribution in [2.24, 2.45) is 5.73 Å². The predicted octanol–water partition coefficient (Wildman–Crippen LogP) is 1.70. The van der Waals surface area contributed by atoms with Gasteiger partial charge in [0.05, 0.1) is 12.7 Å². The third kappa shape index (κ3) is 3.63. The van der Waals surface area contributed by atoms with Crippen LogP contribution in [0.1, 0.15) is 10.4 Å². The van der Waals surface area contributed by atoms with E-state index >= 15 is 0 Å². The lowest BCUT2D eigenvalue weighted by Crippen LogP contribution is -2.42. The molecule has 0 aliphatic heterocycles. The third-order valence-corrected chi connectivity index (χ3v) is 1.86. The zero-order chi connectivity index (χ0) is 13.1. The Bertz CT molecular complexity index is 389. The van der Waals surface area contributed by atoms with E-state index in [0.717, 1.165) is 0 Å². The van der Waals surface area contributed by atoms with Gasteiger partial charge in [-0.25, -0.2) is 4.79 Å². The molecule has 0 fully saturated rings. The number of rotatable bonds is 3. The molecular weight excluding hydrogens is 239 g/mol. The second-order valence-corrected chi connectivity index (χ2v) is 3.10. The molecule has 2 N–H and O–H groups in total. The average molecular weight is 249 g/mol. The van der Waals surface area contributed by atoms with E-state index < -0.39 is 18.4 Å². The first-order valence-electron chi connectivity index (χ1n) is 4.52. The molecule has 0 aliphatic rings. The van der Waals surface area contributed by atoms with Crippen molar-refractivity contribution in [3.63, 3.8) is 0 Å². The number of esters is 1. The molecule has 0 saturated carbocycles. The molecule has 1 atom stereocenters. The first kappa shape index (κ1) is 13.3. The molecule has 1 unspecified atom stereocenters. The van der Waals surface area contributed by atoms with Crippen LogP contribution >= 0.6 is 0 Å². The molecule has 1 aromatic carbocycles. The van der Waals surface area contributed by atoms with Gasteiger partial charge in [0, 0.05) is 0 Å². The highest BCUT2D eigenvalue weighted by molar-refractivity contribution is 5.89. The fourth-order valence-electron chi connectivity index (χ4n) is 1.00. The van der Waals surface area contributed by atoms with Crippen LogP contribution in [-0.4, -0.2) is 25.5 Å². The van der Waals surface area contributed by atoms with Gasteiger partial charge in [-0.15, -0.1) is 0 Å². The zero-order valence-electron chi connectivity index (χ0n) is 8.82. The number of methoxy groups -OCH3 is 1. The summed E-state index contributed by atoms with van der Waals surface area (Å²) in [5, 5.41) is 0. The normalized spacial score (nSPS) is 13.0. The fourth-order valence-corrected chi connectivity index (χ4v) is 1.00. The van der Waals surface area contributed by atoms with E-state index in [1.807, 2.05) is 0 Å². The van der Waals surface area contributed by atoms with Crippen LogP contribution in [0.15, 0.2) is 24.3 Å². The van der Waals surface area contributed by atoms with Gasteiger partial charge in [-0.2, -0.15) is 13.2 Å². The minimum absolute atomic E-state index is 0.0810. The van der Waals surface area contributed by atoms with Crippen LogP contribution < -0.4 is 10.5 Å². The van der Waals surface area contributed by atoms with Crippen molar-refractivity contribution in [1.29, 1.82) is 0 Å². The standard InChI is InChI=1S/C10H10F3NO3/c1-16-8(15)6-2-4-7(5-3-6)17-9(14)10(11,12)13/h2-5,9H,14H2,1H3. The lowest BCUT2D eigenvalue weighted by atomic mass is 10.2. The number of hydrogen-bond acceptors (Lipinski definition) is 4. The van der Waals surface area contributed by atoms with E-state index in [-0.39, 0.29) is 11.3 Å². The molecule has 17 heavy (non-hydrogen) atoms. The van der Waals surface area contributed by atoms with Crippen LogP contribution in [0.4, 0.5) is 13.2 Å². The predicted molar refractivity (Wildman–Crippen MR) is 52.4 cm³/mol. The molecule has 0 heterocycles. The molecule has 0 spiro atoms. The molecule has 1 aromatic rings. The van der Waals surface area contributed by atoms with Gasteiger partial charge in [-0.3, -0.25) is 5.73 Å². The van der Waals surface area contributed by atoms with Crippen LogP contribution in [0.25, 0.3) is 0 Å². The molecule has 7 heteroatoms. The van der Waals surface area contributed by atoms with E-state index in [4.69, 9.17) is 5.73 Å². The fraction of sp³-hybridized carbons (Fsp3) is 0.300. The van der Waals surface area contributed by atoms with E-state index in [9.17, 15) is 18.0 Å². The third-order valence-electron chi connectivity index (χ3n) is 1.86. The second kappa shape index (κ2) is 5.05. The Labute approximate surface area is 95.1 Å². The van der Waals surface area contributed by atoms with Crippen molar-refractivity contribution < 1.29 is 27.4 Å². The molecule has 0 aromatic heterocycles. The Hall–Kier alpha value is -1.76. The van der Waals surface area contributed by atoms with Gasteiger partial charge in [0.1, 0.15) is 5.75 Å². The van der Waals surface area contributed by atoms with Crippen molar-refractivity contribution in [3.8, 4) is 5.75 Å². The van der Waals surface area contributed by atoms with E-state index in [2.05, 4.69) is 9.47 Å². The zero-order valence-corrected chi connectivity index (χ0v) is 8.82. The summed E-state index contributed by atoms with van der Waals surface area (Å²) < 4.78 is 45.1. The lowest BCUT2D eigenvalue weighted by molar-refractivity contribution is -0.193. The number of benzene rings is 1. The Balaban J connectivity index is 2.72. The van der Waals surface area contributed by atoms with E-state index in [1.54, 1.807) is 0 Å². The quantitative estimate of drug-likeness (QED) is 0.654. The largest absolute Gasteiger partial charge is 0.466 e. The Morgan fingerprint density at radius 3 is 2.24 bits per heavy atom. The maximum atomic E-state index is 12.1. The number of nitrogens with two attached hydrogens (primary N) is 1. The first-order valence-corrected chi connectivity index (χ1v) is 4.52. The highest BCUT2D eigenvalue weighted by Gasteiger charge is 2.38. The summed E-state index contributed by atoms with van der Waals surface area (Å²) in [6.07, 6.45) is -7.03. The van der Waals surface area contributed by atoms with Gasteiger partial charge in [-0.05, 0) is 24.3 Å². The average Bonchev–Trinajstić information content (AvgIpc) is 2.27. The molecule has 0 bridgehead atoms. The number of carbonyl (C=O) groups excluding carboxylic acids is 1. The van der Waals surface area contributed by atoms with E-state index in [0.29, 0.717) is 0 Å². The molecule has 94 valence electrons. The highest BCUT2D eigenvalue weighted by atomic mass is 19.4. The lowest BCUT2D eigenvalue weighted by Gasteiger charge is -2.17. The van der Waals surface area contributed by atoms with Crippen LogP contribution in [0.3, 0.4) is 0 Å². The van der Waals surface area contributed by atoms with Crippen LogP contribution in [-0.2, 0) is 4.74 Å². The summed E-state index contributed by atoms with van der Waals surface area (Å²) in [5.74, 6) is -0.667. The van der Waals surface area contributed by atoms with Gasteiger partial charge < -0.3 is 9.47 Å². The van der Waals surface area contributed by atoms with E-state index in [1.165, 1.54) is 31.4 Å². The minimum Gasteiger partial charge on any atom is -0.466 e. The smallest absolute Gasteiger partial charge is 0.439 e. The molecular formula is C10H10F3NO3. The van der Waals surface area contributed by atoms with Gasteiger partial charge >= 0.3 is 12.1 Å². The van der Waals surface area contributed by atoms with Crippen molar-refractivity contribution in [2.45, 2.75) is 12.4 Å². The minimum atomic E-state index is -4.64. The Kier molecular flexibility index (Phi) is 3.95. The monoisotopic (exact) mass is 249 g/mol. The summed E-state index contributed by atoms with van der Waals surface area (Å²) in [6.45, 7) is 0. The number of carbonyl (C=O) groups is 1. The summed E-state index contributed by atoms with van der Waals surface area (Å²) in [6, 6.07) is 4.98. The molecule has 0 radical (unpaired) electrons. The first-order chi connectivity index (χ1) is 7.84. The summed E-state index contributed by atoms with van der Waals surface area (Å²) >= 11 is 0. The van der Waals surface area contributed by atoms with Crippen molar-refractivity contribution in [1.82, 2.24) is 0 Å². The maximum Gasteiger partial charge on any atom is 0.439 e. The van der Waals surface area contributed by atoms with Crippen LogP contribution in [0, 0.1) is 0 Å². The van der Waals surface area contributed by atoms with Crippen molar-refractivity contribution in [2.75, 3.05) is 7.11 Å². The number of ether oxygens (including phenoxy) is 2. The second-order valence-electron chi connectivity index (χ2n) is 3.10. The van der Waals surface area contributed by atoms with Crippen LogP contribution in [0.2, 0.25) is 0 Å². The number of halogens is 3. The van der Waals surface area contributed by atoms with Gasteiger partial charge in [0.15, 0.2) is 0 Å². The Morgan fingerprint density at radius 1 is 1.29 bits per heavy atom. The molecule has 0 saturated heterocycles. The Morgan fingerprint density at radius 2 is 1.82 bits per heavy atom. The van der Waals surface area contributed by atoms with Crippen molar-refractivity contribution in [3.05, 3.63) is 29.8 Å². The topological polar surface area (TPSA) is 61.5 Å². The summed E-state index contributed by atoms with van der Waals surface area (Å²) in [7, 11) is 1.20. The molecule has 0 amide bonds. The van der Waals surface area contributed by atoms with Crippen molar-refractivity contribution >= 4 is 5.97 Å². The number of alkyl halides is 3. The SMILES string of the molecule is COC(=O)c1ccc(OC(N)C(F)(F)F)cc1. The number of hydrogen-bond donors (Lipinski definition) is 1. The van der Waals surface area contributed by atoms with Gasteiger partial charge in [0.25, 0.3) is 0 Å². The summed E-state index contributed by atoms with van der Waals surface area (Å²) in [5.41, 5.74) is 4.98. The molecule has 0 aliphatic carbocycles. The van der Waals surface area contributed by atoms with Gasteiger partial charge in [-0.1, -0.05) is 0 Å².